The molecule has 0 spiro atoms. The second-order valence-corrected chi connectivity index (χ2v) is 16.1. The van der Waals surface area contributed by atoms with E-state index in [0.29, 0.717) is 60.5 Å². The molecule has 0 amide bonds. The van der Waals surface area contributed by atoms with Crippen molar-refractivity contribution in [3.63, 3.8) is 0 Å². The maximum Gasteiger partial charge on any atom is 0.233 e. The monoisotopic (exact) mass is 1170 g/mol. The van der Waals surface area contributed by atoms with Gasteiger partial charge in [0, 0.05) is 55.3 Å². The molecule has 27 heteroatoms. The van der Waals surface area contributed by atoms with Gasteiger partial charge in [-0.25, -0.2) is 13.2 Å². The summed E-state index contributed by atoms with van der Waals surface area (Å²) in [6, 6.07) is 31.6. The molecule has 3 heterocycles. The number of nitrogens with one attached hydrogen (secondary N) is 6. The van der Waals surface area contributed by atoms with Gasteiger partial charge < -0.3 is 47.8 Å². The number of hydrogen-bond acceptors (Lipinski definition) is 18. The molecule has 1 radical (unpaired) electrons. The maximum atomic E-state index is 13.2. The molecule has 0 aliphatic rings. The number of phenols is 2. The summed E-state index contributed by atoms with van der Waals surface area (Å²) in [6.07, 6.45) is 4.46. The van der Waals surface area contributed by atoms with E-state index < -0.39 is 0 Å². The summed E-state index contributed by atoms with van der Waals surface area (Å²) in [5.41, 5.74) is 9.62. The van der Waals surface area contributed by atoms with Gasteiger partial charge in [-0.05, 0) is 175 Å². The average molecular weight is 1170 g/mol. The van der Waals surface area contributed by atoms with Crippen molar-refractivity contribution < 1.29 is 41.9 Å². The van der Waals surface area contributed by atoms with Crippen LogP contribution >= 0.6 is 59.6 Å². The Morgan fingerprint density at radius 1 is 0.387 bits per heavy atom. The molecule has 10 N–H and O–H groups in total. The van der Waals surface area contributed by atoms with Gasteiger partial charge in [-0.2, -0.15) is 44.9 Å². The third kappa shape index (κ3) is 23.6. The molecule has 0 aliphatic carbocycles. The first-order valence-electron chi connectivity index (χ1n) is 22.1. The number of anilines is 9. The fourth-order valence-corrected chi connectivity index (χ4v) is 6.58. The van der Waals surface area contributed by atoms with Gasteiger partial charge in [-0.1, -0.05) is 30.7 Å². The first-order valence-corrected chi connectivity index (χ1v) is 23.3. The summed E-state index contributed by atoms with van der Waals surface area (Å²) in [5.74, 6) is 1.58. The first-order chi connectivity index (χ1) is 34.8. The van der Waals surface area contributed by atoms with Crippen LogP contribution < -0.4 is 37.6 Å². The number of phenolic OH excluding ortho intramolecular Hbond substituents is 2. The fourth-order valence-electron chi connectivity index (χ4n) is 6.05. The second kappa shape index (κ2) is 33.3. The minimum absolute atomic E-state index is 0. The van der Waals surface area contributed by atoms with E-state index in [4.69, 9.17) is 40.5 Å². The van der Waals surface area contributed by atoms with Crippen molar-refractivity contribution in [2.24, 2.45) is 5.73 Å². The fraction of sp³-hybridized carbons (Fsp3) is 0.188. The second-order valence-electron chi connectivity index (χ2n) is 15.1. The Labute approximate surface area is 469 Å². The molecule has 3 aromatic heterocycles. The molecule has 75 heavy (non-hydrogen) atoms. The van der Waals surface area contributed by atoms with Crippen LogP contribution in [0, 0.1) is 17.5 Å². The Morgan fingerprint density at radius 2 is 0.693 bits per heavy atom. The quantitative estimate of drug-likeness (QED) is 0.0322. The van der Waals surface area contributed by atoms with Crippen LogP contribution in [0.2, 0.25) is 15.9 Å². The number of nitrogens with two attached hydrogens (primary N) is 1. The van der Waals surface area contributed by atoms with Gasteiger partial charge in [0.1, 0.15) is 29.0 Å². The van der Waals surface area contributed by atoms with Gasteiger partial charge in [0.2, 0.25) is 51.5 Å². The van der Waals surface area contributed by atoms with E-state index in [9.17, 15) is 23.4 Å². The molecular formula is C48H50Cl5F3N16O2V. The van der Waals surface area contributed by atoms with Crippen molar-refractivity contribution in [2.75, 3.05) is 58.1 Å². The van der Waals surface area contributed by atoms with Crippen LogP contribution in [-0.4, -0.2) is 81.2 Å². The third-order valence-electron chi connectivity index (χ3n) is 9.56. The average Bonchev–Trinajstić information content (AvgIpc) is 3.35. The number of rotatable bonds is 20. The summed E-state index contributed by atoms with van der Waals surface area (Å²) in [7, 11) is 0. The molecule has 0 bridgehead atoms. The SMILES string of the molecule is Cl.Cl.Fc1ccc(Nc2nc(Cl)nc(Cl)n2)cc1.NCCCCCNc1nc(NCCc2ccc(O)cc2)nc(Nc2ccc(F)cc2)n1.Oc1ccc(CCNc2nc(Cl)nc(Nc3ccc(F)cc3)n2)cc1.[V]. The predicted octanol–water partition coefficient (Wildman–Crippen LogP) is 11.3. The van der Waals surface area contributed by atoms with Gasteiger partial charge >= 0.3 is 0 Å². The molecule has 395 valence electrons. The van der Waals surface area contributed by atoms with Crippen LogP contribution in [0.25, 0.3) is 0 Å². The Kier molecular flexibility index (Phi) is 27.8. The van der Waals surface area contributed by atoms with E-state index in [1.165, 1.54) is 36.4 Å². The Morgan fingerprint density at radius 3 is 1.08 bits per heavy atom. The van der Waals surface area contributed by atoms with Gasteiger partial charge in [-0.15, -0.1) is 24.8 Å². The molecular weight excluding hydrogens is 1120 g/mol. The molecule has 0 fully saturated rings. The smallest absolute Gasteiger partial charge is 0.233 e. The van der Waals surface area contributed by atoms with Crippen LogP contribution in [0.15, 0.2) is 121 Å². The van der Waals surface area contributed by atoms with Crippen LogP contribution in [0.3, 0.4) is 0 Å². The number of hydrogen-bond donors (Lipinski definition) is 9. The molecule has 5 aromatic carbocycles. The number of aromatic hydroxyl groups is 2. The van der Waals surface area contributed by atoms with E-state index in [1.807, 2.05) is 24.3 Å². The molecule has 0 saturated carbocycles. The summed E-state index contributed by atoms with van der Waals surface area (Å²) < 4.78 is 38.8. The summed E-state index contributed by atoms with van der Waals surface area (Å²) in [6.45, 7) is 2.61. The minimum Gasteiger partial charge on any atom is -0.508 e. The molecule has 0 atom stereocenters. The van der Waals surface area contributed by atoms with Crippen molar-refractivity contribution in [3.05, 3.63) is 166 Å². The number of benzene rings is 5. The Hall–Kier alpha value is -6.69. The summed E-state index contributed by atoms with van der Waals surface area (Å²) in [5, 5.41) is 37.0. The van der Waals surface area contributed by atoms with Crippen LogP contribution in [0.5, 0.6) is 11.5 Å². The third-order valence-corrected chi connectivity index (χ3v) is 10.1. The van der Waals surface area contributed by atoms with Crippen LogP contribution in [0.1, 0.15) is 30.4 Å². The normalized spacial score (nSPS) is 10.1. The Bertz CT molecular complexity index is 2900. The number of unbranched alkanes of at least 4 members (excludes halogenated alkanes) is 2. The van der Waals surface area contributed by atoms with Gasteiger partial charge in [-0.3, -0.25) is 0 Å². The van der Waals surface area contributed by atoms with E-state index in [-0.39, 0.29) is 100 Å². The zero-order valence-electron chi connectivity index (χ0n) is 39.4. The van der Waals surface area contributed by atoms with Gasteiger partial charge in [0.05, 0.1) is 0 Å². The minimum atomic E-state index is -0.323. The first kappa shape index (κ1) is 62.6. The van der Waals surface area contributed by atoms with E-state index in [1.54, 1.807) is 60.7 Å². The molecule has 0 saturated heterocycles. The molecule has 18 nitrogen and oxygen atoms in total. The van der Waals surface area contributed by atoms with E-state index in [0.717, 1.165) is 49.8 Å². The summed E-state index contributed by atoms with van der Waals surface area (Å²) in [4.78, 5) is 36.7. The topological polar surface area (TPSA) is 255 Å². The number of halogens is 8. The maximum absolute atomic E-state index is 13.2. The molecule has 8 rings (SSSR count). The largest absolute Gasteiger partial charge is 0.508 e. The molecule has 8 aromatic rings. The van der Waals surface area contributed by atoms with Crippen molar-refractivity contribution in [2.45, 2.75) is 32.1 Å². The Balaban J connectivity index is 0.000000304. The van der Waals surface area contributed by atoms with Crippen molar-refractivity contribution in [3.8, 4) is 11.5 Å². The molecule has 0 aliphatic heterocycles. The standard InChI is InChI=1S/C22H28FN7O.C17H15ClFN5O.C9H5Cl2FN4.2ClH.V/c23-17-6-8-18(9-7-17)27-22-29-20(25-14-3-1-2-13-24)28-21(30-22)26-15-12-16-4-10-19(31)11-5-16;18-15-22-16(20-10-9-11-1-7-14(25)8-2-11)24-17(23-15)21-13-5-3-12(19)4-6-13;10-7-14-8(11)16-9(15-7)13-6-3-1-5(12)2-4-6;;;/h4-11,31H,1-3,12-15,24H2,(H3,25,26,27,28,29,30);1-8,25H,9-10H2,(H2,20,21,22,23,24);1-4H,(H,13,14,15,16);2*1H;. The van der Waals surface area contributed by atoms with Gasteiger partial charge in [0.15, 0.2) is 0 Å². The molecule has 0 unspecified atom stereocenters. The number of aromatic nitrogens is 9. The van der Waals surface area contributed by atoms with Crippen molar-refractivity contribution in [1.82, 2.24) is 44.9 Å². The zero-order valence-corrected chi connectivity index (χ0v) is 44.7. The summed E-state index contributed by atoms with van der Waals surface area (Å²) >= 11 is 17.1. The van der Waals surface area contributed by atoms with Crippen molar-refractivity contribution >= 4 is 112 Å². The zero-order chi connectivity index (χ0) is 51.1. The van der Waals surface area contributed by atoms with Crippen LogP contribution in [0.4, 0.5) is 65.9 Å². The van der Waals surface area contributed by atoms with Crippen LogP contribution in [-0.2, 0) is 31.4 Å². The van der Waals surface area contributed by atoms with E-state index >= 15 is 0 Å². The van der Waals surface area contributed by atoms with Crippen molar-refractivity contribution in [1.29, 1.82) is 0 Å². The van der Waals surface area contributed by atoms with Gasteiger partial charge in [0.25, 0.3) is 0 Å². The number of nitrogens with zero attached hydrogens (tertiary/aromatic N) is 9. The van der Waals surface area contributed by atoms with E-state index in [2.05, 4.69) is 76.8 Å². The predicted molar refractivity (Wildman–Crippen MR) is 290 cm³/mol.